The van der Waals surface area contributed by atoms with Crippen LogP contribution in [0, 0.1) is 0 Å². The summed E-state index contributed by atoms with van der Waals surface area (Å²) in [7, 11) is -4.56. The first-order valence-corrected chi connectivity index (χ1v) is 14.5. The first-order chi connectivity index (χ1) is 16.7. The quantitative estimate of drug-likeness (QED) is 0.0936. The maximum absolute atomic E-state index is 12.2. The largest absolute Gasteiger partial charge is 0.472 e. The van der Waals surface area contributed by atoms with Crippen molar-refractivity contribution in [3.05, 3.63) is 0 Å². The molecule has 3 unspecified atom stereocenters. The fourth-order valence-corrected chi connectivity index (χ4v) is 4.00. The number of carbonyl (C=O) groups excluding carboxylic acids is 2. The topological polar surface area (TPSA) is 149 Å². The summed E-state index contributed by atoms with van der Waals surface area (Å²) in [6, 6.07) is 0. The van der Waals surface area contributed by atoms with Gasteiger partial charge in [-0.1, -0.05) is 84.5 Å². The first kappa shape index (κ1) is 34.0. The highest BCUT2D eigenvalue weighted by Crippen LogP contribution is 2.43. The van der Waals surface area contributed by atoms with Gasteiger partial charge < -0.3 is 24.6 Å². The number of aliphatic hydroxyl groups excluding tert-OH is 2. The van der Waals surface area contributed by atoms with Crippen LogP contribution in [0.4, 0.5) is 0 Å². The van der Waals surface area contributed by atoms with Crippen LogP contribution in [0.25, 0.3) is 0 Å². The molecular weight excluding hydrogens is 479 g/mol. The van der Waals surface area contributed by atoms with Crippen molar-refractivity contribution in [1.82, 2.24) is 0 Å². The van der Waals surface area contributed by atoms with E-state index in [-0.39, 0.29) is 19.4 Å². The van der Waals surface area contributed by atoms with Crippen molar-refractivity contribution in [3.63, 3.8) is 0 Å². The SMILES string of the molecule is CCCCCCCCCCCCCCC(=O)OC(COC(=O)CC)COP(=O)(O)OCC(O)CO. The maximum atomic E-state index is 12.2. The van der Waals surface area contributed by atoms with Crippen molar-refractivity contribution in [1.29, 1.82) is 0 Å². The predicted molar refractivity (Wildman–Crippen MR) is 132 cm³/mol. The van der Waals surface area contributed by atoms with Gasteiger partial charge >= 0.3 is 19.8 Å². The predicted octanol–water partition coefficient (Wildman–Crippen LogP) is 4.43. The zero-order valence-corrected chi connectivity index (χ0v) is 22.4. The van der Waals surface area contributed by atoms with Crippen LogP contribution < -0.4 is 0 Å². The Labute approximate surface area is 210 Å². The maximum Gasteiger partial charge on any atom is 0.472 e. The second kappa shape index (κ2) is 22.2. The number of phosphoric acid groups is 1. The lowest BCUT2D eigenvalue weighted by molar-refractivity contribution is -0.161. The molecule has 0 aliphatic carbocycles. The fourth-order valence-electron chi connectivity index (χ4n) is 3.21. The average molecular weight is 527 g/mol. The normalized spacial score (nSPS) is 14.8. The summed E-state index contributed by atoms with van der Waals surface area (Å²) in [6.45, 7) is 1.71. The number of unbranched alkanes of at least 4 members (excludes halogenated alkanes) is 11. The molecule has 0 saturated heterocycles. The molecule has 0 saturated carbocycles. The van der Waals surface area contributed by atoms with Gasteiger partial charge in [-0.2, -0.15) is 0 Å². The Balaban J connectivity index is 4.18. The third-order valence-electron chi connectivity index (χ3n) is 5.32. The van der Waals surface area contributed by atoms with E-state index in [1.165, 1.54) is 51.4 Å². The standard InChI is InChI=1S/C24H47O10P/c1-3-5-6-7-8-9-10-11-12-13-14-15-16-24(28)34-22(19-31-23(27)4-2)20-33-35(29,30)32-18-21(26)17-25/h21-22,25-26H,3-20H2,1-2H3,(H,29,30). The third kappa shape index (κ3) is 21.9. The lowest BCUT2D eigenvalue weighted by Gasteiger charge is -2.20. The van der Waals surface area contributed by atoms with E-state index in [1.54, 1.807) is 6.92 Å². The van der Waals surface area contributed by atoms with E-state index in [2.05, 4.69) is 11.4 Å². The summed E-state index contributed by atoms with van der Waals surface area (Å²) in [5.74, 6) is -1.02. The number of hydrogen-bond acceptors (Lipinski definition) is 9. The van der Waals surface area contributed by atoms with E-state index in [0.29, 0.717) is 6.42 Å². The van der Waals surface area contributed by atoms with Crippen LogP contribution in [-0.2, 0) is 32.7 Å². The van der Waals surface area contributed by atoms with Crippen molar-refractivity contribution in [2.75, 3.05) is 26.4 Å². The molecule has 0 radical (unpaired) electrons. The van der Waals surface area contributed by atoms with Gasteiger partial charge in [0.1, 0.15) is 12.7 Å². The molecule has 0 fully saturated rings. The van der Waals surface area contributed by atoms with Crippen molar-refractivity contribution in [3.8, 4) is 0 Å². The van der Waals surface area contributed by atoms with Crippen LogP contribution in [-0.4, -0.2) is 65.7 Å². The second-order valence-electron chi connectivity index (χ2n) is 8.68. The molecule has 0 amide bonds. The Morgan fingerprint density at radius 3 is 1.80 bits per heavy atom. The zero-order valence-electron chi connectivity index (χ0n) is 21.5. The minimum absolute atomic E-state index is 0.126. The van der Waals surface area contributed by atoms with Crippen molar-refractivity contribution >= 4 is 19.8 Å². The summed E-state index contributed by atoms with van der Waals surface area (Å²) in [6.07, 6.45) is 12.0. The van der Waals surface area contributed by atoms with Gasteiger partial charge in [0.25, 0.3) is 0 Å². The van der Waals surface area contributed by atoms with Crippen molar-refractivity contribution in [2.24, 2.45) is 0 Å². The van der Waals surface area contributed by atoms with E-state index in [9.17, 15) is 24.2 Å². The molecule has 0 aliphatic rings. The molecule has 0 heterocycles. The lowest BCUT2D eigenvalue weighted by atomic mass is 10.0. The molecule has 3 N–H and O–H groups in total. The molecule has 0 aliphatic heterocycles. The Bertz CT molecular complexity index is 587. The molecule has 0 aromatic heterocycles. The van der Waals surface area contributed by atoms with E-state index in [0.717, 1.165) is 19.3 Å². The molecule has 208 valence electrons. The molecule has 0 bridgehead atoms. The number of phosphoric ester groups is 1. The third-order valence-corrected chi connectivity index (χ3v) is 6.27. The van der Waals surface area contributed by atoms with E-state index >= 15 is 0 Å². The highest BCUT2D eigenvalue weighted by atomic mass is 31.2. The smallest absolute Gasteiger partial charge is 0.462 e. The number of rotatable bonds is 24. The molecule has 3 atom stereocenters. The number of hydrogen-bond donors (Lipinski definition) is 3. The van der Waals surface area contributed by atoms with Gasteiger partial charge in [-0.3, -0.25) is 18.6 Å². The van der Waals surface area contributed by atoms with Gasteiger partial charge in [-0.15, -0.1) is 0 Å². The van der Waals surface area contributed by atoms with Crippen LogP contribution in [0.2, 0.25) is 0 Å². The van der Waals surface area contributed by atoms with E-state index in [4.69, 9.17) is 19.1 Å². The minimum Gasteiger partial charge on any atom is -0.462 e. The van der Waals surface area contributed by atoms with Gasteiger partial charge in [0, 0.05) is 12.8 Å². The van der Waals surface area contributed by atoms with E-state index < -0.39 is 51.8 Å². The van der Waals surface area contributed by atoms with Crippen molar-refractivity contribution in [2.45, 2.75) is 116 Å². The molecule has 0 spiro atoms. The summed E-state index contributed by atoms with van der Waals surface area (Å²) >= 11 is 0. The molecule has 10 nitrogen and oxygen atoms in total. The minimum atomic E-state index is -4.56. The van der Waals surface area contributed by atoms with Gasteiger partial charge in [-0.05, 0) is 6.42 Å². The van der Waals surface area contributed by atoms with Crippen molar-refractivity contribution < 1.29 is 47.8 Å². The summed E-state index contributed by atoms with van der Waals surface area (Å²) in [5.41, 5.74) is 0. The lowest BCUT2D eigenvalue weighted by Crippen LogP contribution is -2.29. The Morgan fingerprint density at radius 2 is 1.29 bits per heavy atom. The molecular formula is C24H47O10P. The van der Waals surface area contributed by atoms with Crippen LogP contribution >= 0.6 is 7.82 Å². The van der Waals surface area contributed by atoms with Gasteiger partial charge in [0.2, 0.25) is 0 Å². The van der Waals surface area contributed by atoms with Gasteiger partial charge in [0.15, 0.2) is 6.10 Å². The van der Waals surface area contributed by atoms with E-state index in [1.807, 2.05) is 0 Å². The average Bonchev–Trinajstić information content (AvgIpc) is 2.84. The molecule has 0 aromatic rings. The number of carbonyl (C=O) groups is 2. The highest BCUT2D eigenvalue weighted by molar-refractivity contribution is 7.47. The number of esters is 2. The summed E-state index contributed by atoms with van der Waals surface area (Å²) in [5, 5.41) is 17.9. The zero-order chi connectivity index (χ0) is 26.4. The summed E-state index contributed by atoms with van der Waals surface area (Å²) < 4.78 is 31.5. The number of aliphatic hydroxyl groups is 2. The molecule has 35 heavy (non-hydrogen) atoms. The molecule has 0 aromatic carbocycles. The Hall–Kier alpha value is -1.03. The Kier molecular flexibility index (Phi) is 21.5. The first-order valence-electron chi connectivity index (χ1n) is 13.0. The van der Waals surface area contributed by atoms with Crippen LogP contribution in [0.1, 0.15) is 104 Å². The second-order valence-corrected chi connectivity index (χ2v) is 10.1. The molecule has 0 rings (SSSR count). The van der Waals surface area contributed by atoms with Gasteiger partial charge in [0.05, 0.1) is 19.8 Å². The number of ether oxygens (including phenoxy) is 2. The van der Waals surface area contributed by atoms with Gasteiger partial charge in [-0.25, -0.2) is 4.57 Å². The van der Waals surface area contributed by atoms with Crippen LogP contribution in [0.5, 0.6) is 0 Å². The highest BCUT2D eigenvalue weighted by Gasteiger charge is 2.27. The monoisotopic (exact) mass is 526 g/mol. The Morgan fingerprint density at radius 1 is 0.771 bits per heavy atom. The molecule has 11 heteroatoms. The van der Waals surface area contributed by atoms with Crippen LogP contribution in [0.3, 0.4) is 0 Å². The fraction of sp³-hybridized carbons (Fsp3) is 0.917. The van der Waals surface area contributed by atoms with Crippen LogP contribution in [0.15, 0.2) is 0 Å². The summed E-state index contributed by atoms with van der Waals surface area (Å²) in [4.78, 5) is 33.3.